The van der Waals surface area contributed by atoms with Crippen molar-refractivity contribution >= 4 is 39.1 Å². The van der Waals surface area contributed by atoms with E-state index in [1.807, 2.05) is 19.9 Å². The van der Waals surface area contributed by atoms with Gasteiger partial charge in [0.25, 0.3) is 11.5 Å². The van der Waals surface area contributed by atoms with Gasteiger partial charge in [0.05, 0.1) is 4.90 Å². The molecule has 0 aliphatic heterocycles. The van der Waals surface area contributed by atoms with Crippen LogP contribution in [0.15, 0.2) is 81.5 Å². The number of nitriles is 1. The van der Waals surface area contributed by atoms with Crippen molar-refractivity contribution in [3.8, 4) is 17.7 Å². The Morgan fingerprint density at radius 2 is 1.76 bits per heavy atom. The van der Waals surface area contributed by atoms with Crippen molar-refractivity contribution in [3.63, 3.8) is 0 Å². The summed E-state index contributed by atoms with van der Waals surface area (Å²) in [5.74, 6) is -0.482. The molecule has 0 unspecified atom stereocenters. The Labute approximate surface area is 223 Å². The zero-order valence-electron chi connectivity index (χ0n) is 20.5. The van der Waals surface area contributed by atoms with Crippen LogP contribution >= 0.6 is 11.6 Å². The van der Waals surface area contributed by atoms with Crippen molar-refractivity contribution in [1.29, 1.82) is 5.26 Å². The standard InChI is InChI=1S/C25H18ClN3O4S.C2H4O2/c1-16-6-5-7-22(17(16)2)33-24-21(25(30)29-13-4-3-8-23(29)28-24)14-20(15-27)34(31,32)19-11-9-18(26)10-12-19;1-2(3)4/h3-14H,1-2H3;1H3,(H,3,4)/b20-14-;. The molecule has 0 aliphatic rings. The summed E-state index contributed by atoms with van der Waals surface area (Å²) in [5, 5.41) is 17.5. The van der Waals surface area contributed by atoms with Crippen LogP contribution in [0, 0.1) is 25.2 Å². The summed E-state index contributed by atoms with van der Waals surface area (Å²) < 4.78 is 33.5. The van der Waals surface area contributed by atoms with Gasteiger partial charge in [-0.2, -0.15) is 10.2 Å². The molecule has 0 spiro atoms. The number of hydrogen-bond donors (Lipinski definition) is 1. The number of allylic oxidation sites excluding steroid dienone is 1. The number of fused-ring (bicyclic) bond motifs is 1. The molecule has 9 nitrogen and oxygen atoms in total. The lowest BCUT2D eigenvalue weighted by atomic mass is 10.1. The van der Waals surface area contributed by atoms with E-state index in [0.29, 0.717) is 16.4 Å². The summed E-state index contributed by atoms with van der Waals surface area (Å²) in [6.45, 7) is 4.86. The fraction of sp³-hybridized carbons (Fsp3) is 0.111. The first-order valence-electron chi connectivity index (χ1n) is 11.0. The smallest absolute Gasteiger partial charge is 0.300 e. The highest BCUT2D eigenvalue weighted by atomic mass is 35.5. The molecule has 4 rings (SSSR count). The second-order valence-corrected chi connectivity index (χ2v) is 10.3. The van der Waals surface area contributed by atoms with E-state index in [0.717, 1.165) is 24.1 Å². The molecule has 2 aromatic heterocycles. The minimum absolute atomic E-state index is 0.107. The van der Waals surface area contributed by atoms with Gasteiger partial charge in [0, 0.05) is 18.1 Å². The molecule has 0 fully saturated rings. The van der Waals surface area contributed by atoms with Gasteiger partial charge in [-0.3, -0.25) is 14.0 Å². The molecule has 0 saturated carbocycles. The third kappa shape index (κ3) is 6.26. The minimum Gasteiger partial charge on any atom is -0.481 e. The number of aromatic nitrogens is 2. The lowest BCUT2D eigenvalue weighted by molar-refractivity contribution is -0.134. The number of carboxylic acid groups (broad SMARTS) is 1. The van der Waals surface area contributed by atoms with Crippen LogP contribution in [-0.4, -0.2) is 28.9 Å². The van der Waals surface area contributed by atoms with Crippen molar-refractivity contribution in [1.82, 2.24) is 9.38 Å². The van der Waals surface area contributed by atoms with Crippen LogP contribution < -0.4 is 10.3 Å². The Hall–Kier alpha value is -4.46. The normalized spacial score (nSPS) is 11.3. The molecule has 0 bridgehead atoms. The fourth-order valence-electron chi connectivity index (χ4n) is 3.26. The predicted molar refractivity (Wildman–Crippen MR) is 143 cm³/mol. The Balaban J connectivity index is 0.000000934. The molecule has 2 heterocycles. The quantitative estimate of drug-likeness (QED) is 0.334. The van der Waals surface area contributed by atoms with Crippen molar-refractivity contribution in [3.05, 3.63) is 104 Å². The van der Waals surface area contributed by atoms with E-state index in [1.54, 1.807) is 36.4 Å². The number of benzene rings is 2. The number of carbonyl (C=O) groups is 1. The summed E-state index contributed by atoms with van der Waals surface area (Å²) in [6.07, 6.45) is 2.50. The average Bonchev–Trinajstić information content (AvgIpc) is 2.86. The molecule has 0 amide bonds. The number of sulfone groups is 1. The third-order valence-corrected chi connectivity index (χ3v) is 7.23. The summed E-state index contributed by atoms with van der Waals surface area (Å²) in [6, 6.07) is 17.5. The van der Waals surface area contributed by atoms with E-state index >= 15 is 0 Å². The molecule has 0 atom stereocenters. The minimum atomic E-state index is -4.23. The van der Waals surface area contributed by atoms with Crippen molar-refractivity contribution in [2.45, 2.75) is 25.7 Å². The number of ether oxygens (including phenoxy) is 1. The van der Waals surface area contributed by atoms with Crippen molar-refractivity contribution in [2.75, 3.05) is 0 Å². The van der Waals surface area contributed by atoms with Crippen LogP contribution in [0.1, 0.15) is 23.6 Å². The second-order valence-electron chi connectivity index (χ2n) is 7.96. The molecular formula is C27H22ClN3O6S. The number of nitrogens with zero attached hydrogens (tertiary/aromatic N) is 3. The highest BCUT2D eigenvalue weighted by Crippen LogP contribution is 2.30. The molecule has 2 aromatic carbocycles. The molecule has 0 saturated heterocycles. The van der Waals surface area contributed by atoms with E-state index in [1.165, 1.54) is 34.9 Å². The Kier molecular flexibility index (Phi) is 8.68. The zero-order valence-corrected chi connectivity index (χ0v) is 22.1. The molecule has 0 aliphatic carbocycles. The summed E-state index contributed by atoms with van der Waals surface area (Å²) in [4.78, 5) is 26.0. The highest BCUT2D eigenvalue weighted by Gasteiger charge is 2.24. The summed E-state index contributed by atoms with van der Waals surface area (Å²) in [7, 11) is -4.23. The number of aliphatic carboxylic acids is 1. The molecule has 0 radical (unpaired) electrons. The van der Waals surface area contributed by atoms with Gasteiger partial charge in [-0.1, -0.05) is 29.8 Å². The number of rotatable bonds is 5. The topological polar surface area (TPSA) is 139 Å². The van der Waals surface area contributed by atoms with Gasteiger partial charge in [-0.25, -0.2) is 8.42 Å². The van der Waals surface area contributed by atoms with Crippen LogP contribution in [0.25, 0.3) is 11.7 Å². The molecule has 38 heavy (non-hydrogen) atoms. The first-order valence-corrected chi connectivity index (χ1v) is 12.9. The van der Waals surface area contributed by atoms with Crippen LogP contribution in [0.5, 0.6) is 11.6 Å². The largest absolute Gasteiger partial charge is 0.481 e. The zero-order chi connectivity index (χ0) is 28.0. The Bertz CT molecular complexity index is 1750. The molecule has 1 N–H and O–H groups in total. The SMILES string of the molecule is CC(=O)O.Cc1cccc(Oc2nc3ccccn3c(=O)c2/C=C(/C#N)S(=O)(=O)c2ccc(Cl)cc2)c1C. The van der Waals surface area contributed by atoms with Gasteiger partial charge >= 0.3 is 0 Å². The first kappa shape index (κ1) is 28.1. The van der Waals surface area contributed by atoms with E-state index in [4.69, 9.17) is 26.2 Å². The lowest BCUT2D eigenvalue weighted by Gasteiger charge is -2.13. The van der Waals surface area contributed by atoms with Gasteiger partial charge in [0.15, 0.2) is 0 Å². The van der Waals surface area contributed by atoms with Crippen LogP contribution in [0.3, 0.4) is 0 Å². The number of pyridine rings is 1. The number of halogens is 1. The average molecular weight is 552 g/mol. The van der Waals surface area contributed by atoms with E-state index in [-0.39, 0.29) is 16.3 Å². The van der Waals surface area contributed by atoms with Gasteiger partial charge in [-0.05, 0) is 73.5 Å². The Morgan fingerprint density at radius 1 is 1.11 bits per heavy atom. The second kappa shape index (κ2) is 11.7. The van der Waals surface area contributed by atoms with Crippen molar-refractivity contribution < 1.29 is 23.1 Å². The lowest BCUT2D eigenvalue weighted by Crippen LogP contribution is -2.19. The maximum absolute atomic E-state index is 13.3. The number of aryl methyl sites for hydroxylation is 1. The maximum atomic E-state index is 13.3. The summed E-state index contributed by atoms with van der Waals surface area (Å²) >= 11 is 5.86. The number of carboxylic acids is 1. The van der Waals surface area contributed by atoms with Crippen LogP contribution in [0.4, 0.5) is 0 Å². The highest BCUT2D eigenvalue weighted by molar-refractivity contribution is 7.95. The predicted octanol–water partition coefficient (Wildman–Crippen LogP) is 5.19. The molecule has 4 aromatic rings. The van der Waals surface area contributed by atoms with E-state index in [2.05, 4.69) is 4.98 Å². The van der Waals surface area contributed by atoms with Gasteiger partial charge < -0.3 is 9.84 Å². The van der Waals surface area contributed by atoms with E-state index in [9.17, 15) is 18.5 Å². The Morgan fingerprint density at radius 3 is 2.39 bits per heavy atom. The monoisotopic (exact) mass is 551 g/mol. The maximum Gasteiger partial charge on any atom is 0.300 e. The molecule has 11 heteroatoms. The third-order valence-electron chi connectivity index (χ3n) is 5.29. The van der Waals surface area contributed by atoms with Crippen LogP contribution in [0.2, 0.25) is 5.02 Å². The summed E-state index contributed by atoms with van der Waals surface area (Å²) in [5.41, 5.74) is 1.37. The van der Waals surface area contributed by atoms with Gasteiger partial charge in [0.1, 0.15) is 27.9 Å². The van der Waals surface area contributed by atoms with Crippen LogP contribution in [-0.2, 0) is 14.6 Å². The molecular weight excluding hydrogens is 530 g/mol. The van der Waals surface area contributed by atoms with Gasteiger partial charge in [-0.15, -0.1) is 0 Å². The molecule has 194 valence electrons. The first-order chi connectivity index (χ1) is 17.9. The van der Waals surface area contributed by atoms with Gasteiger partial charge in [0.2, 0.25) is 15.7 Å². The number of hydrogen-bond acceptors (Lipinski definition) is 7. The fourth-order valence-corrected chi connectivity index (χ4v) is 4.53. The van der Waals surface area contributed by atoms with E-state index < -0.39 is 26.3 Å². The van der Waals surface area contributed by atoms with Crippen molar-refractivity contribution in [2.24, 2.45) is 0 Å².